The summed E-state index contributed by atoms with van der Waals surface area (Å²) in [4.78, 5) is 37.0. The summed E-state index contributed by atoms with van der Waals surface area (Å²) in [7, 11) is 0. The predicted octanol–water partition coefficient (Wildman–Crippen LogP) is 1.53. The molecule has 108 valence electrons. The Balaban J connectivity index is 1.98. The van der Waals surface area contributed by atoms with Gasteiger partial charge in [-0.25, -0.2) is 4.39 Å². The fourth-order valence-corrected chi connectivity index (χ4v) is 3.27. The van der Waals surface area contributed by atoms with Gasteiger partial charge < -0.3 is 4.90 Å². The van der Waals surface area contributed by atoms with Crippen LogP contribution in [0.1, 0.15) is 16.6 Å². The van der Waals surface area contributed by atoms with Crippen molar-refractivity contribution in [3.05, 3.63) is 35.0 Å². The van der Waals surface area contributed by atoms with Crippen molar-refractivity contribution < 1.29 is 18.8 Å². The zero-order valence-electron chi connectivity index (χ0n) is 11.1. The maximum Gasteiger partial charge on any atom is 0.265 e. The number of rotatable bonds is 1. The second-order valence-electron chi connectivity index (χ2n) is 4.78. The molecule has 1 unspecified atom stereocenters. The molecule has 1 atom stereocenters. The van der Waals surface area contributed by atoms with Crippen LogP contribution in [0.2, 0.25) is 0 Å². The molecule has 1 fully saturated rings. The highest BCUT2D eigenvalue weighted by molar-refractivity contribution is 7.20. The van der Waals surface area contributed by atoms with Gasteiger partial charge in [-0.3, -0.25) is 19.7 Å². The molecule has 1 N–H and O–H groups in total. The number of carbonyl (C=O) groups is 3. The van der Waals surface area contributed by atoms with E-state index < -0.39 is 29.6 Å². The highest BCUT2D eigenvalue weighted by atomic mass is 32.1. The van der Waals surface area contributed by atoms with Crippen LogP contribution in [0, 0.1) is 5.82 Å². The molecule has 0 radical (unpaired) electrons. The van der Waals surface area contributed by atoms with E-state index in [0.29, 0.717) is 15.0 Å². The van der Waals surface area contributed by atoms with Crippen LogP contribution in [0.4, 0.5) is 4.39 Å². The second kappa shape index (κ2) is 4.92. The number of halogens is 1. The Bertz CT molecular complexity index is 771. The molecule has 0 saturated carbocycles. The lowest BCUT2D eigenvalue weighted by atomic mass is 10.2. The van der Waals surface area contributed by atoms with Crippen LogP contribution in [-0.2, 0) is 9.59 Å². The van der Waals surface area contributed by atoms with Gasteiger partial charge in [0, 0.05) is 10.1 Å². The Morgan fingerprint density at radius 3 is 2.90 bits per heavy atom. The molecule has 2 aromatic rings. The quantitative estimate of drug-likeness (QED) is 0.813. The average Bonchev–Trinajstić information content (AvgIpc) is 2.87. The normalized spacial score (nSPS) is 19.0. The average molecular weight is 306 g/mol. The molecule has 0 spiro atoms. The first-order chi connectivity index (χ1) is 9.97. The molecule has 7 heteroatoms. The zero-order valence-corrected chi connectivity index (χ0v) is 11.9. The van der Waals surface area contributed by atoms with Crippen molar-refractivity contribution in [2.75, 3.05) is 6.54 Å². The van der Waals surface area contributed by atoms with Crippen LogP contribution in [-0.4, -0.2) is 35.2 Å². The van der Waals surface area contributed by atoms with E-state index >= 15 is 0 Å². The third kappa shape index (κ3) is 2.29. The summed E-state index contributed by atoms with van der Waals surface area (Å²) in [6.45, 7) is 1.37. The van der Waals surface area contributed by atoms with Gasteiger partial charge >= 0.3 is 0 Å². The fraction of sp³-hybridized carbons (Fsp3) is 0.214. The van der Waals surface area contributed by atoms with Gasteiger partial charge in [0.1, 0.15) is 18.4 Å². The molecule has 5 nitrogen and oxygen atoms in total. The van der Waals surface area contributed by atoms with Crippen molar-refractivity contribution in [3.63, 3.8) is 0 Å². The highest BCUT2D eigenvalue weighted by Crippen LogP contribution is 2.29. The monoisotopic (exact) mass is 306 g/mol. The number of piperazine rings is 1. The molecule has 21 heavy (non-hydrogen) atoms. The molecule has 2 heterocycles. The van der Waals surface area contributed by atoms with E-state index in [4.69, 9.17) is 0 Å². The third-order valence-corrected chi connectivity index (χ3v) is 4.49. The highest BCUT2D eigenvalue weighted by Gasteiger charge is 2.34. The smallest absolute Gasteiger partial charge is 0.265 e. The number of nitrogens with zero attached hydrogens (tertiary/aromatic N) is 1. The first-order valence-electron chi connectivity index (χ1n) is 6.30. The summed E-state index contributed by atoms with van der Waals surface area (Å²) >= 11 is 1.14. The molecule has 1 aromatic carbocycles. The molecular formula is C14H11FN2O3S. The van der Waals surface area contributed by atoms with Crippen LogP contribution in [0.5, 0.6) is 0 Å². The molecular weight excluding hydrogens is 295 g/mol. The summed E-state index contributed by atoms with van der Waals surface area (Å²) in [5, 5.41) is 2.54. The number of imide groups is 1. The van der Waals surface area contributed by atoms with Gasteiger partial charge in [-0.15, -0.1) is 11.3 Å². The standard InChI is InChI=1S/C14H11FN2O3S/c1-7-13(19)16-12(18)6-17(7)14(20)11-5-8-9(15)3-2-4-10(8)21-11/h2-5,7H,6H2,1H3,(H,16,18,19). The minimum Gasteiger partial charge on any atom is -0.317 e. The number of carbonyl (C=O) groups excluding carboxylic acids is 3. The van der Waals surface area contributed by atoms with Crippen molar-refractivity contribution in [1.29, 1.82) is 0 Å². The Morgan fingerprint density at radius 1 is 1.43 bits per heavy atom. The van der Waals surface area contributed by atoms with Gasteiger partial charge in [0.15, 0.2) is 0 Å². The maximum absolute atomic E-state index is 13.7. The van der Waals surface area contributed by atoms with Crippen molar-refractivity contribution >= 4 is 39.1 Å². The van der Waals surface area contributed by atoms with E-state index in [2.05, 4.69) is 5.32 Å². The van der Waals surface area contributed by atoms with Crippen molar-refractivity contribution in [2.24, 2.45) is 0 Å². The van der Waals surface area contributed by atoms with E-state index in [9.17, 15) is 18.8 Å². The second-order valence-corrected chi connectivity index (χ2v) is 5.87. The minimum absolute atomic E-state index is 0.178. The number of hydrogen-bond donors (Lipinski definition) is 1. The van der Waals surface area contributed by atoms with Gasteiger partial charge in [-0.2, -0.15) is 0 Å². The Hall–Kier alpha value is -2.28. The number of fused-ring (bicyclic) bond motifs is 1. The van der Waals surface area contributed by atoms with Crippen LogP contribution < -0.4 is 5.32 Å². The molecule has 1 saturated heterocycles. The fourth-order valence-electron chi connectivity index (χ4n) is 2.23. The van der Waals surface area contributed by atoms with Crippen LogP contribution >= 0.6 is 11.3 Å². The van der Waals surface area contributed by atoms with E-state index in [0.717, 1.165) is 11.3 Å². The predicted molar refractivity (Wildman–Crippen MR) is 75.4 cm³/mol. The van der Waals surface area contributed by atoms with Crippen molar-refractivity contribution in [3.8, 4) is 0 Å². The molecule has 1 aromatic heterocycles. The Kier molecular flexibility index (Phi) is 3.21. The summed E-state index contributed by atoms with van der Waals surface area (Å²) in [5.41, 5.74) is 0. The van der Waals surface area contributed by atoms with E-state index in [-0.39, 0.29) is 6.54 Å². The molecule has 3 rings (SSSR count). The van der Waals surface area contributed by atoms with E-state index in [1.807, 2.05) is 0 Å². The molecule has 1 aliphatic rings. The first-order valence-corrected chi connectivity index (χ1v) is 7.12. The topological polar surface area (TPSA) is 66.5 Å². The molecule has 3 amide bonds. The number of benzene rings is 1. The molecule has 1 aliphatic heterocycles. The van der Waals surface area contributed by atoms with Gasteiger partial charge in [-0.1, -0.05) is 6.07 Å². The van der Waals surface area contributed by atoms with Gasteiger partial charge in [-0.05, 0) is 25.1 Å². The minimum atomic E-state index is -0.731. The van der Waals surface area contributed by atoms with Crippen molar-refractivity contribution in [2.45, 2.75) is 13.0 Å². The van der Waals surface area contributed by atoms with Crippen LogP contribution in [0.25, 0.3) is 10.1 Å². The summed E-state index contributed by atoms with van der Waals surface area (Å²) in [5.74, 6) is -1.86. The lowest BCUT2D eigenvalue weighted by Crippen LogP contribution is -2.58. The van der Waals surface area contributed by atoms with Crippen molar-refractivity contribution in [1.82, 2.24) is 10.2 Å². The number of amides is 3. The Labute approximate surface area is 123 Å². The molecule has 0 bridgehead atoms. The van der Waals surface area contributed by atoms with Gasteiger partial charge in [0.2, 0.25) is 11.8 Å². The Morgan fingerprint density at radius 2 is 2.19 bits per heavy atom. The first kappa shape index (κ1) is 13.7. The summed E-state index contributed by atoms with van der Waals surface area (Å²) in [6.07, 6.45) is 0. The van der Waals surface area contributed by atoms with Crippen LogP contribution in [0.15, 0.2) is 24.3 Å². The van der Waals surface area contributed by atoms with Crippen LogP contribution in [0.3, 0.4) is 0 Å². The van der Waals surface area contributed by atoms with Gasteiger partial charge in [0.25, 0.3) is 5.91 Å². The summed E-state index contributed by atoms with van der Waals surface area (Å²) in [6, 6.07) is 5.34. The summed E-state index contributed by atoms with van der Waals surface area (Å²) < 4.78 is 14.3. The number of nitrogens with one attached hydrogen (secondary N) is 1. The maximum atomic E-state index is 13.7. The van der Waals surface area contributed by atoms with Gasteiger partial charge in [0.05, 0.1) is 4.88 Å². The lowest BCUT2D eigenvalue weighted by molar-refractivity contribution is -0.138. The SMILES string of the molecule is CC1C(=O)NC(=O)CN1C(=O)c1cc2c(F)cccc2s1. The third-order valence-electron chi connectivity index (χ3n) is 3.40. The largest absolute Gasteiger partial charge is 0.317 e. The lowest BCUT2D eigenvalue weighted by Gasteiger charge is -2.31. The van der Waals surface area contributed by atoms with E-state index in [1.54, 1.807) is 19.1 Å². The number of hydrogen-bond acceptors (Lipinski definition) is 4. The zero-order chi connectivity index (χ0) is 15.1. The van der Waals surface area contributed by atoms with E-state index in [1.165, 1.54) is 17.0 Å². The number of thiophene rings is 1. The molecule has 0 aliphatic carbocycles.